The molecule has 0 aliphatic heterocycles. The molecule has 0 saturated heterocycles. The Morgan fingerprint density at radius 2 is 2.16 bits per heavy atom. The van der Waals surface area contributed by atoms with E-state index in [0.29, 0.717) is 13.1 Å². The Morgan fingerprint density at radius 1 is 1.37 bits per heavy atom. The maximum atomic E-state index is 11.8. The number of carbonyl (C=O) groups is 1. The third-order valence-electron chi connectivity index (χ3n) is 4.02. The van der Waals surface area contributed by atoms with Crippen LogP contribution >= 0.6 is 0 Å². The first-order chi connectivity index (χ1) is 9.24. The lowest BCUT2D eigenvalue weighted by Crippen LogP contribution is -2.35. The number of hydrogen-bond donors (Lipinski definition) is 2. The number of carbonyl (C=O) groups excluding carboxylic acids is 1. The fourth-order valence-electron chi connectivity index (χ4n) is 2.71. The van der Waals surface area contributed by atoms with Crippen LogP contribution < -0.4 is 11.1 Å². The number of nitrogens with one attached hydrogen (secondary N) is 1. The van der Waals surface area contributed by atoms with Gasteiger partial charge in [0.1, 0.15) is 0 Å². The average molecular weight is 260 g/mol. The van der Waals surface area contributed by atoms with Crippen molar-refractivity contribution in [3.63, 3.8) is 0 Å². The summed E-state index contributed by atoms with van der Waals surface area (Å²) in [7, 11) is 0. The SMILES string of the molecule is CCC(CN)C(=O)NCCc1ccc2c(c1)CCC2. The number of amides is 1. The number of rotatable bonds is 6. The van der Waals surface area contributed by atoms with Crippen molar-refractivity contribution in [2.75, 3.05) is 13.1 Å². The first-order valence-electron chi connectivity index (χ1n) is 7.33. The summed E-state index contributed by atoms with van der Waals surface area (Å²) < 4.78 is 0. The molecule has 1 unspecified atom stereocenters. The predicted octanol–water partition coefficient (Wildman–Crippen LogP) is 1.82. The zero-order valence-corrected chi connectivity index (χ0v) is 11.7. The smallest absolute Gasteiger partial charge is 0.224 e. The van der Waals surface area contributed by atoms with Crippen LogP contribution in [0.2, 0.25) is 0 Å². The number of aryl methyl sites for hydroxylation is 2. The van der Waals surface area contributed by atoms with E-state index >= 15 is 0 Å². The van der Waals surface area contributed by atoms with Crippen molar-refractivity contribution >= 4 is 5.91 Å². The molecule has 3 heteroatoms. The van der Waals surface area contributed by atoms with Gasteiger partial charge in [-0.3, -0.25) is 4.79 Å². The molecule has 0 spiro atoms. The van der Waals surface area contributed by atoms with Gasteiger partial charge in [-0.05, 0) is 48.8 Å². The van der Waals surface area contributed by atoms with Crippen LogP contribution in [0, 0.1) is 5.92 Å². The van der Waals surface area contributed by atoms with Gasteiger partial charge >= 0.3 is 0 Å². The lowest BCUT2D eigenvalue weighted by molar-refractivity contribution is -0.124. The van der Waals surface area contributed by atoms with Crippen molar-refractivity contribution < 1.29 is 4.79 Å². The van der Waals surface area contributed by atoms with E-state index in [-0.39, 0.29) is 11.8 Å². The van der Waals surface area contributed by atoms with Gasteiger partial charge in [-0.2, -0.15) is 0 Å². The van der Waals surface area contributed by atoms with Crippen LogP contribution in [0.25, 0.3) is 0 Å². The minimum atomic E-state index is -0.0416. The van der Waals surface area contributed by atoms with Crippen LogP contribution in [0.15, 0.2) is 18.2 Å². The van der Waals surface area contributed by atoms with Crippen LogP contribution in [0.5, 0.6) is 0 Å². The molecule has 2 rings (SSSR count). The number of fused-ring (bicyclic) bond motifs is 1. The van der Waals surface area contributed by atoms with E-state index in [2.05, 4.69) is 23.5 Å². The summed E-state index contributed by atoms with van der Waals surface area (Å²) in [5.74, 6) is 0.0474. The molecule has 1 amide bonds. The number of benzene rings is 1. The van der Waals surface area contributed by atoms with Crippen molar-refractivity contribution in [2.24, 2.45) is 11.7 Å². The molecule has 3 nitrogen and oxygen atoms in total. The van der Waals surface area contributed by atoms with Crippen molar-refractivity contribution in [3.05, 3.63) is 34.9 Å². The van der Waals surface area contributed by atoms with Crippen LogP contribution in [0.3, 0.4) is 0 Å². The lowest BCUT2D eigenvalue weighted by atomic mass is 10.0. The van der Waals surface area contributed by atoms with E-state index in [9.17, 15) is 4.79 Å². The van der Waals surface area contributed by atoms with Gasteiger partial charge < -0.3 is 11.1 Å². The van der Waals surface area contributed by atoms with E-state index in [1.165, 1.54) is 36.0 Å². The molecule has 1 atom stereocenters. The van der Waals surface area contributed by atoms with E-state index < -0.39 is 0 Å². The van der Waals surface area contributed by atoms with Gasteiger partial charge in [-0.15, -0.1) is 0 Å². The highest BCUT2D eigenvalue weighted by Gasteiger charge is 2.14. The second-order valence-electron chi connectivity index (χ2n) is 5.34. The van der Waals surface area contributed by atoms with Crippen molar-refractivity contribution in [2.45, 2.75) is 39.0 Å². The maximum Gasteiger partial charge on any atom is 0.224 e. The van der Waals surface area contributed by atoms with Gasteiger partial charge in [0.2, 0.25) is 5.91 Å². The van der Waals surface area contributed by atoms with E-state index in [4.69, 9.17) is 5.73 Å². The van der Waals surface area contributed by atoms with Crippen molar-refractivity contribution in [1.82, 2.24) is 5.32 Å². The van der Waals surface area contributed by atoms with Crippen molar-refractivity contribution in [3.8, 4) is 0 Å². The van der Waals surface area contributed by atoms with Crippen LogP contribution in [0.1, 0.15) is 36.5 Å². The summed E-state index contributed by atoms with van der Waals surface area (Å²) in [6.45, 7) is 3.13. The molecule has 0 heterocycles. The third-order valence-corrected chi connectivity index (χ3v) is 4.02. The Balaban J connectivity index is 1.81. The summed E-state index contributed by atoms with van der Waals surface area (Å²) in [6.07, 6.45) is 5.42. The monoisotopic (exact) mass is 260 g/mol. The standard InChI is InChI=1S/C16H24N2O/c1-2-13(11-17)16(19)18-9-8-12-6-7-14-4-3-5-15(14)10-12/h6-7,10,13H,2-5,8-9,11,17H2,1H3,(H,18,19). The fourth-order valence-corrected chi connectivity index (χ4v) is 2.71. The fraction of sp³-hybridized carbons (Fsp3) is 0.562. The van der Waals surface area contributed by atoms with Gasteiger partial charge in [-0.25, -0.2) is 0 Å². The molecule has 0 bridgehead atoms. The largest absolute Gasteiger partial charge is 0.355 e. The zero-order valence-electron chi connectivity index (χ0n) is 11.7. The van der Waals surface area contributed by atoms with E-state index in [0.717, 1.165) is 12.8 Å². The van der Waals surface area contributed by atoms with E-state index in [1.807, 2.05) is 6.92 Å². The summed E-state index contributed by atoms with van der Waals surface area (Å²) in [6, 6.07) is 6.74. The Morgan fingerprint density at radius 3 is 2.89 bits per heavy atom. The van der Waals surface area contributed by atoms with Crippen LogP contribution in [-0.2, 0) is 24.1 Å². The van der Waals surface area contributed by atoms with E-state index in [1.54, 1.807) is 0 Å². The third kappa shape index (κ3) is 3.57. The molecular formula is C16H24N2O. The number of hydrogen-bond acceptors (Lipinski definition) is 2. The normalized spacial score (nSPS) is 15.1. The first kappa shape index (κ1) is 14.1. The highest BCUT2D eigenvalue weighted by Crippen LogP contribution is 2.22. The van der Waals surface area contributed by atoms with Crippen molar-refractivity contribution in [1.29, 1.82) is 0 Å². The highest BCUT2D eigenvalue weighted by atomic mass is 16.1. The summed E-state index contributed by atoms with van der Waals surface area (Å²) in [4.78, 5) is 11.8. The van der Waals surface area contributed by atoms with Gasteiger partial charge in [0.15, 0.2) is 0 Å². The molecule has 104 valence electrons. The summed E-state index contributed by atoms with van der Waals surface area (Å²) in [5.41, 5.74) is 9.89. The quantitative estimate of drug-likeness (QED) is 0.819. The topological polar surface area (TPSA) is 55.1 Å². The molecule has 0 saturated carbocycles. The Hall–Kier alpha value is -1.35. The molecular weight excluding hydrogens is 236 g/mol. The first-order valence-corrected chi connectivity index (χ1v) is 7.33. The van der Waals surface area contributed by atoms with Crippen LogP contribution in [0.4, 0.5) is 0 Å². The summed E-state index contributed by atoms with van der Waals surface area (Å²) >= 11 is 0. The molecule has 3 N–H and O–H groups in total. The van der Waals surface area contributed by atoms with Gasteiger partial charge in [0.05, 0.1) is 0 Å². The number of nitrogens with two attached hydrogens (primary N) is 1. The molecule has 1 aliphatic rings. The zero-order chi connectivity index (χ0) is 13.7. The Kier molecular flexibility index (Phi) is 4.97. The highest BCUT2D eigenvalue weighted by molar-refractivity contribution is 5.78. The molecule has 1 aromatic carbocycles. The minimum Gasteiger partial charge on any atom is -0.355 e. The molecule has 0 aromatic heterocycles. The molecule has 1 aromatic rings. The Labute approximate surface area is 115 Å². The average Bonchev–Trinajstić information content (AvgIpc) is 2.87. The second-order valence-corrected chi connectivity index (χ2v) is 5.34. The molecule has 19 heavy (non-hydrogen) atoms. The minimum absolute atomic E-state index is 0.0416. The second kappa shape index (κ2) is 6.71. The summed E-state index contributed by atoms with van der Waals surface area (Å²) in [5, 5.41) is 2.98. The lowest BCUT2D eigenvalue weighted by Gasteiger charge is -2.12. The molecule has 1 aliphatic carbocycles. The molecule has 0 fully saturated rings. The molecule has 0 radical (unpaired) electrons. The van der Waals surface area contributed by atoms with Gasteiger partial charge in [0, 0.05) is 19.0 Å². The van der Waals surface area contributed by atoms with Gasteiger partial charge in [0.25, 0.3) is 0 Å². The van der Waals surface area contributed by atoms with Gasteiger partial charge in [-0.1, -0.05) is 25.1 Å². The Bertz CT molecular complexity index is 438. The van der Waals surface area contributed by atoms with Crippen LogP contribution in [-0.4, -0.2) is 19.0 Å². The predicted molar refractivity (Wildman–Crippen MR) is 78.0 cm³/mol. The maximum absolute atomic E-state index is 11.8.